The first-order chi connectivity index (χ1) is 15.5. The lowest BCUT2D eigenvalue weighted by Gasteiger charge is -2.68. The fourth-order valence-electron chi connectivity index (χ4n) is 7.13. The third kappa shape index (κ3) is 4.27. The molecule has 1 saturated heterocycles. The molecule has 4 nitrogen and oxygen atoms in total. The molecule has 3 saturated carbocycles. The van der Waals surface area contributed by atoms with Crippen molar-refractivity contribution in [2.24, 2.45) is 29.1 Å². The summed E-state index contributed by atoms with van der Waals surface area (Å²) in [5, 5.41) is 11.3. The average molecular weight is 477 g/mol. The molecule has 188 valence electrons. The zero-order valence-corrected chi connectivity index (χ0v) is 23.2. The molecule has 33 heavy (non-hydrogen) atoms. The maximum Gasteiger partial charge on any atom is 0.193 e. The fourth-order valence-corrected chi connectivity index (χ4v) is 8.37. The first-order valence-corrected chi connectivity index (χ1v) is 16.5. The SMILES string of the molecule is CCC1[C@H]2[C@H](C#C[C@@H](O[Si](C)(C)C(C)(C)C)C3CCCCC3)[C@@H](O)CC[C@@]2(C)C12OCCO2. The highest BCUT2D eigenvalue weighted by molar-refractivity contribution is 6.74. The summed E-state index contributed by atoms with van der Waals surface area (Å²) in [7, 11) is -1.94. The zero-order chi connectivity index (χ0) is 24.1. The Morgan fingerprint density at radius 3 is 2.30 bits per heavy atom. The zero-order valence-electron chi connectivity index (χ0n) is 22.2. The number of aliphatic hydroxyl groups excluding tert-OH is 1. The normalized spacial score (nSPS) is 37.7. The Morgan fingerprint density at radius 2 is 1.73 bits per heavy atom. The summed E-state index contributed by atoms with van der Waals surface area (Å²) < 4.78 is 19.5. The molecule has 4 aliphatic rings. The first kappa shape index (κ1) is 25.7. The van der Waals surface area contributed by atoms with Crippen molar-refractivity contribution < 1.29 is 19.0 Å². The molecule has 1 unspecified atom stereocenters. The second-order valence-electron chi connectivity index (χ2n) is 12.9. The third-order valence-corrected chi connectivity index (χ3v) is 14.5. The molecule has 5 heteroatoms. The monoisotopic (exact) mass is 476 g/mol. The maximum atomic E-state index is 11.1. The van der Waals surface area contributed by atoms with E-state index in [1.807, 2.05) is 0 Å². The van der Waals surface area contributed by atoms with Crippen LogP contribution in [0.5, 0.6) is 0 Å². The molecule has 1 aliphatic heterocycles. The summed E-state index contributed by atoms with van der Waals surface area (Å²) in [6.07, 6.45) is 8.65. The molecule has 0 bridgehead atoms. The van der Waals surface area contributed by atoms with Gasteiger partial charge in [-0.25, -0.2) is 0 Å². The van der Waals surface area contributed by atoms with Gasteiger partial charge in [-0.3, -0.25) is 0 Å². The van der Waals surface area contributed by atoms with Crippen LogP contribution in [0.15, 0.2) is 0 Å². The van der Waals surface area contributed by atoms with E-state index in [1.165, 1.54) is 32.1 Å². The number of aliphatic hydroxyl groups is 1. The minimum atomic E-state index is -1.94. The number of hydrogen-bond donors (Lipinski definition) is 1. The van der Waals surface area contributed by atoms with Crippen LogP contribution in [0.3, 0.4) is 0 Å². The maximum absolute atomic E-state index is 11.1. The van der Waals surface area contributed by atoms with Crippen molar-refractivity contribution in [1.29, 1.82) is 0 Å². The van der Waals surface area contributed by atoms with Crippen LogP contribution in [0.25, 0.3) is 0 Å². The number of hydrogen-bond acceptors (Lipinski definition) is 4. The first-order valence-electron chi connectivity index (χ1n) is 13.6. The predicted octanol–water partition coefficient (Wildman–Crippen LogP) is 6.14. The van der Waals surface area contributed by atoms with Crippen molar-refractivity contribution in [3.8, 4) is 11.8 Å². The molecular weight excluding hydrogens is 428 g/mol. The lowest BCUT2D eigenvalue weighted by molar-refractivity contribution is -0.384. The van der Waals surface area contributed by atoms with Gasteiger partial charge in [-0.1, -0.05) is 65.7 Å². The van der Waals surface area contributed by atoms with Crippen LogP contribution in [-0.4, -0.2) is 44.6 Å². The fraction of sp³-hybridized carbons (Fsp3) is 0.929. The Balaban J connectivity index is 1.62. The summed E-state index contributed by atoms with van der Waals surface area (Å²) in [5.74, 6) is 7.96. The van der Waals surface area contributed by atoms with Crippen LogP contribution >= 0.6 is 0 Å². The standard InChI is InChI=1S/C28H48O4Si/c1-8-22-25-21(23(29)16-17-27(25,5)28(22)30-18-19-31-28)14-15-24(20-12-10-9-11-13-20)32-33(6,7)26(2,3)4/h20-25,29H,8-13,16-19H2,1-7H3/t21-,22?,23+,24-,25-,27-/m1/s1. The summed E-state index contributed by atoms with van der Waals surface area (Å²) in [6.45, 7) is 17.5. The van der Waals surface area contributed by atoms with Crippen molar-refractivity contribution in [3.63, 3.8) is 0 Å². The van der Waals surface area contributed by atoms with Gasteiger partial charge in [0.05, 0.1) is 25.2 Å². The Morgan fingerprint density at radius 1 is 1.09 bits per heavy atom. The van der Waals surface area contributed by atoms with Crippen LogP contribution in [0, 0.1) is 40.9 Å². The van der Waals surface area contributed by atoms with Gasteiger partial charge < -0.3 is 19.0 Å². The van der Waals surface area contributed by atoms with Crippen molar-refractivity contribution in [3.05, 3.63) is 0 Å². The van der Waals surface area contributed by atoms with Gasteiger partial charge in [-0.2, -0.15) is 0 Å². The van der Waals surface area contributed by atoms with Gasteiger partial charge in [0.1, 0.15) is 6.10 Å². The van der Waals surface area contributed by atoms with E-state index in [0.717, 1.165) is 19.3 Å². The minimum absolute atomic E-state index is 0.0142. The molecule has 1 heterocycles. The number of ether oxygens (including phenoxy) is 2. The summed E-state index contributed by atoms with van der Waals surface area (Å²) in [4.78, 5) is 0. The van der Waals surface area contributed by atoms with Crippen LogP contribution < -0.4 is 0 Å². The Kier molecular flexibility index (Phi) is 7.20. The third-order valence-electron chi connectivity index (χ3n) is 10.1. The van der Waals surface area contributed by atoms with E-state index in [4.69, 9.17) is 13.9 Å². The van der Waals surface area contributed by atoms with Crippen LogP contribution in [-0.2, 0) is 13.9 Å². The van der Waals surface area contributed by atoms with E-state index < -0.39 is 14.1 Å². The lowest BCUT2D eigenvalue weighted by atomic mass is 9.41. The molecule has 1 N–H and O–H groups in total. The summed E-state index contributed by atoms with van der Waals surface area (Å²) in [6, 6.07) is 0. The highest BCUT2D eigenvalue weighted by Crippen LogP contribution is 2.70. The number of rotatable bonds is 4. The van der Waals surface area contributed by atoms with E-state index in [1.54, 1.807) is 0 Å². The molecule has 4 fully saturated rings. The Bertz CT molecular complexity index is 750. The van der Waals surface area contributed by atoms with Gasteiger partial charge in [-0.05, 0) is 62.1 Å². The highest BCUT2D eigenvalue weighted by Gasteiger charge is 2.75. The Labute approximate surface area is 203 Å². The van der Waals surface area contributed by atoms with Crippen LogP contribution in [0.2, 0.25) is 18.1 Å². The second kappa shape index (κ2) is 9.25. The average Bonchev–Trinajstić information content (AvgIpc) is 3.28. The Hall–Kier alpha value is -0.383. The lowest BCUT2D eigenvalue weighted by Crippen LogP contribution is -2.74. The van der Waals surface area contributed by atoms with Crippen LogP contribution in [0.1, 0.15) is 86.0 Å². The van der Waals surface area contributed by atoms with Gasteiger partial charge in [-0.15, -0.1) is 0 Å². The molecule has 0 aromatic rings. The minimum Gasteiger partial charge on any atom is -0.403 e. The second-order valence-corrected chi connectivity index (χ2v) is 17.7. The molecule has 4 rings (SSSR count). The van der Waals surface area contributed by atoms with Gasteiger partial charge in [0.25, 0.3) is 0 Å². The highest BCUT2D eigenvalue weighted by atomic mass is 28.4. The molecule has 6 atom stereocenters. The quantitative estimate of drug-likeness (QED) is 0.391. The molecule has 0 aromatic carbocycles. The van der Waals surface area contributed by atoms with E-state index in [2.05, 4.69) is 59.6 Å². The van der Waals surface area contributed by atoms with Gasteiger partial charge in [0.2, 0.25) is 0 Å². The van der Waals surface area contributed by atoms with Crippen molar-refractivity contribution in [2.45, 2.75) is 122 Å². The molecule has 0 amide bonds. The van der Waals surface area contributed by atoms with E-state index in [0.29, 0.717) is 31.0 Å². The van der Waals surface area contributed by atoms with Crippen molar-refractivity contribution in [1.82, 2.24) is 0 Å². The molecular formula is C28H48O4Si. The largest absolute Gasteiger partial charge is 0.403 e. The molecule has 0 radical (unpaired) electrons. The van der Waals surface area contributed by atoms with Crippen LogP contribution in [0.4, 0.5) is 0 Å². The topological polar surface area (TPSA) is 47.9 Å². The van der Waals surface area contributed by atoms with E-state index in [9.17, 15) is 5.11 Å². The summed E-state index contributed by atoms with van der Waals surface area (Å²) in [5.41, 5.74) is -0.0661. The van der Waals surface area contributed by atoms with Gasteiger partial charge in [0.15, 0.2) is 14.1 Å². The predicted molar refractivity (Wildman–Crippen MR) is 135 cm³/mol. The van der Waals surface area contributed by atoms with E-state index >= 15 is 0 Å². The molecule has 0 aromatic heterocycles. The number of fused-ring (bicyclic) bond motifs is 2. The smallest absolute Gasteiger partial charge is 0.193 e. The van der Waals surface area contributed by atoms with Crippen molar-refractivity contribution >= 4 is 8.32 Å². The summed E-state index contributed by atoms with van der Waals surface area (Å²) >= 11 is 0. The van der Waals surface area contributed by atoms with Gasteiger partial charge >= 0.3 is 0 Å². The van der Waals surface area contributed by atoms with Crippen molar-refractivity contribution in [2.75, 3.05) is 13.2 Å². The molecule has 3 aliphatic carbocycles. The molecule has 1 spiro atoms. The van der Waals surface area contributed by atoms with E-state index in [-0.39, 0.29) is 28.6 Å². The van der Waals surface area contributed by atoms with Gasteiger partial charge in [0, 0.05) is 11.3 Å².